The maximum absolute atomic E-state index is 13.9. The number of carbonyl (C=O) groups is 1. The van der Waals surface area contributed by atoms with Crippen molar-refractivity contribution < 1.29 is 4.79 Å². The highest BCUT2D eigenvalue weighted by atomic mass is 16.2. The molecule has 0 bridgehead atoms. The molecule has 5 heteroatoms. The molecule has 0 fully saturated rings. The zero-order valence-corrected chi connectivity index (χ0v) is 21.0. The van der Waals surface area contributed by atoms with Crippen LogP contribution in [-0.2, 0) is 13.1 Å². The number of aromatic nitrogens is 2. The highest BCUT2D eigenvalue weighted by molar-refractivity contribution is 5.94. The smallest absolute Gasteiger partial charge is 0.261 e. The van der Waals surface area contributed by atoms with Gasteiger partial charge in [-0.2, -0.15) is 0 Å². The number of rotatable bonds is 7. The van der Waals surface area contributed by atoms with Crippen molar-refractivity contribution in [2.24, 2.45) is 0 Å². The highest BCUT2D eigenvalue weighted by Gasteiger charge is 2.27. The van der Waals surface area contributed by atoms with E-state index in [1.807, 2.05) is 117 Å². The van der Waals surface area contributed by atoms with Crippen LogP contribution in [0.15, 0.2) is 114 Å². The number of nitrogens with zero attached hydrogens (tertiary/aromatic N) is 3. The first-order valence-corrected chi connectivity index (χ1v) is 12.5. The third kappa shape index (κ3) is 5.21. The van der Waals surface area contributed by atoms with Crippen molar-refractivity contribution in [3.8, 4) is 0 Å². The first kappa shape index (κ1) is 24.2. The lowest BCUT2D eigenvalue weighted by Crippen LogP contribution is -2.37. The number of aryl methyl sites for hydroxylation is 1. The summed E-state index contributed by atoms with van der Waals surface area (Å²) in [5.41, 5.74) is 4.21. The maximum Gasteiger partial charge on any atom is 0.261 e. The molecule has 1 atom stereocenters. The van der Waals surface area contributed by atoms with Gasteiger partial charge in [-0.15, -0.1) is 0 Å². The molecule has 1 aromatic heterocycles. The zero-order valence-electron chi connectivity index (χ0n) is 21.0. The van der Waals surface area contributed by atoms with Gasteiger partial charge in [0.2, 0.25) is 0 Å². The van der Waals surface area contributed by atoms with Gasteiger partial charge in [-0.25, -0.2) is 4.98 Å². The van der Waals surface area contributed by atoms with Crippen molar-refractivity contribution in [3.05, 3.63) is 148 Å². The van der Waals surface area contributed by atoms with Crippen LogP contribution < -0.4 is 5.56 Å². The van der Waals surface area contributed by atoms with Crippen LogP contribution in [0.25, 0.3) is 10.9 Å². The molecule has 184 valence electrons. The first-order valence-electron chi connectivity index (χ1n) is 12.5. The molecule has 1 heterocycles. The van der Waals surface area contributed by atoms with Crippen molar-refractivity contribution in [2.45, 2.75) is 33.0 Å². The van der Waals surface area contributed by atoms with E-state index in [4.69, 9.17) is 4.98 Å². The van der Waals surface area contributed by atoms with E-state index in [9.17, 15) is 9.59 Å². The van der Waals surface area contributed by atoms with Gasteiger partial charge in [-0.1, -0.05) is 90.5 Å². The molecule has 0 N–H and O–H groups in total. The number of amides is 1. The van der Waals surface area contributed by atoms with Gasteiger partial charge in [0.1, 0.15) is 5.82 Å². The minimum atomic E-state index is -0.463. The van der Waals surface area contributed by atoms with Crippen molar-refractivity contribution >= 4 is 16.8 Å². The Hall–Kier alpha value is -4.51. The topological polar surface area (TPSA) is 55.2 Å². The number of hydrogen-bond donors (Lipinski definition) is 0. The summed E-state index contributed by atoms with van der Waals surface area (Å²) >= 11 is 0. The first-order chi connectivity index (χ1) is 18.0. The predicted molar refractivity (Wildman–Crippen MR) is 147 cm³/mol. The van der Waals surface area contributed by atoms with E-state index in [1.54, 1.807) is 15.5 Å². The second-order valence-corrected chi connectivity index (χ2v) is 9.32. The van der Waals surface area contributed by atoms with Crippen molar-refractivity contribution in [1.29, 1.82) is 0 Å². The van der Waals surface area contributed by atoms with E-state index in [2.05, 4.69) is 0 Å². The predicted octanol–water partition coefficient (Wildman–Crippen LogP) is 6.16. The van der Waals surface area contributed by atoms with Crippen LogP contribution in [0.2, 0.25) is 0 Å². The summed E-state index contributed by atoms with van der Waals surface area (Å²) in [6.45, 7) is 4.71. The summed E-state index contributed by atoms with van der Waals surface area (Å²) in [4.78, 5) is 34.4. The fourth-order valence-electron chi connectivity index (χ4n) is 4.59. The van der Waals surface area contributed by atoms with Gasteiger partial charge < -0.3 is 4.90 Å². The number of carbonyl (C=O) groups excluding carboxylic acids is 1. The Kier molecular flexibility index (Phi) is 6.95. The van der Waals surface area contributed by atoms with Crippen LogP contribution in [0.1, 0.15) is 45.8 Å². The molecular formula is C32H29N3O2. The van der Waals surface area contributed by atoms with Gasteiger partial charge in [0.15, 0.2) is 0 Å². The Morgan fingerprint density at radius 1 is 0.811 bits per heavy atom. The van der Waals surface area contributed by atoms with Gasteiger partial charge in [0.05, 0.1) is 23.5 Å². The fourth-order valence-corrected chi connectivity index (χ4v) is 4.59. The van der Waals surface area contributed by atoms with E-state index in [0.717, 1.165) is 16.7 Å². The molecule has 5 nitrogen and oxygen atoms in total. The van der Waals surface area contributed by atoms with Crippen LogP contribution in [0, 0.1) is 6.92 Å². The largest absolute Gasteiger partial charge is 0.324 e. The molecular weight excluding hydrogens is 458 g/mol. The third-order valence-corrected chi connectivity index (χ3v) is 6.67. The van der Waals surface area contributed by atoms with Gasteiger partial charge >= 0.3 is 0 Å². The Morgan fingerprint density at radius 3 is 2.08 bits per heavy atom. The zero-order chi connectivity index (χ0) is 25.8. The molecule has 37 heavy (non-hydrogen) atoms. The van der Waals surface area contributed by atoms with E-state index in [0.29, 0.717) is 35.4 Å². The molecule has 0 spiro atoms. The van der Waals surface area contributed by atoms with E-state index >= 15 is 0 Å². The molecule has 5 aromatic rings. The number of fused-ring (bicyclic) bond motifs is 1. The molecule has 0 saturated heterocycles. The minimum absolute atomic E-state index is 0.106. The average molecular weight is 488 g/mol. The Morgan fingerprint density at radius 2 is 1.41 bits per heavy atom. The fraction of sp³-hybridized carbons (Fsp3) is 0.156. The maximum atomic E-state index is 13.9. The number of para-hydroxylation sites is 1. The Bertz CT molecular complexity index is 1580. The van der Waals surface area contributed by atoms with Gasteiger partial charge in [-0.3, -0.25) is 14.2 Å². The van der Waals surface area contributed by atoms with Crippen molar-refractivity contribution in [3.63, 3.8) is 0 Å². The van der Waals surface area contributed by atoms with Crippen LogP contribution in [0.4, 0.5) is 0 Å². The molecule has 0 radical (unpaired) electrons. The summed E-state index contributed by atoms with van der Waals surface area (Å²) < 4.78 is 1.71. The van der Waals surface area contributed by atoms with Crippen molar-refractivity contribution in [2.75, 3.05) is 0 Å². The van der Waals surface area contributed by atoms with E-state index < -0.39 is 6.04 Å². The lowest BCUT2D eigenvalue weighted by Gasteiger charge is -2.31. The van der Waals surface area contributed by atoms with Crippen LogP contribution in [0.5, 0.6) is 0 Å². The monoisotopic (exact) mass is 487 g/mol. The minimum Gasteiger partial charge on any atom is -0.324 e. The van der Waals surface area contributed by atoms with E-state index in [-0.39, 0.29) is 11.5 Å². The quantitative estimate of drug-likeness (QED) is 0.276. The molecule has 0 saturated carbocycles. The standard InChI is InChI=1S/C32H29N3O2/c1-23-17-19-27(20-18-23)31(36)34(21-25-11-5-3-6-12-25)24(2)30-33-29-16-10-9-15-28(29)32(37)35(30)22-26-13-7-4-8-14-26/h3-20,24H,21-22H2,1-2H3. The molecule has 0 aliphatic carbocycles. The summed E-state index contributed by atoms with van der Waals surface area (Å²) in [5.74, 6) is 0.453. The lowest BCUT2D eigenvalue weighted by atomic mass is 10.1. The van der Waals surface area contributed by atoms with E-state index in [1.165, 1.54) is 0 Å². The van der Waals surface area contributed by atoms with Gasteiger partial charge in [0, 0.05) is 12.1 Å². The SMILES string of the molecule is Cc1ccc(C(=O)N(Cc2ccccc2)C(C)c2nc3ccccc3c(=O)n2Cc2ccccc2)cc1. The highest BCUT2D eigenvalue weighted by Crippen LogP contribution is 2.25. The molecule has 5 rings (SSSR count). The normalized spacial score (nSPS) is 11.8. The summed E-state index contributed by atoms with van der Waals surface area (Å²) in [7, 11) is 0. The molecule has 1 unspecified atom stereocenters. The molecule has 1 amide bonds. The van der Waals surface area contributed by atoms with Crippen LogP contribution in [-0.4, -0.2) is 20.4 Å². The summed E-state index contributed by atoms with van der Waals surface area (Å²) in [6.07, 6.45) is 0. The second-order valence-electron chi connectivity index (χ2n) is 9.32. The summed E-state index contributed by atoms with van der Waals surface area (Å²) in [6, 6.07) is 34.3. The second kappa shape index (κ2) is 10.6. The molecule has 0 aliphatic rings. The molecule has 0 aliphatic heterocycles. The summed E-state index contributed by atoms with van der Waals surface area (Å²) in [5, 5.41) is 0.564. The van der Waals surface area contributed by atoms with Crippen LogP contribution >= 0.6 is 0 Å². The Labute approximate surface area is 216 Å². The van der Waals surface area contributed by atoms with Crippen LogP contribution in [0.3, 0.4) is 0 Å². The third-order valence-electron chi connectivity index (χ3n) is 6.67. The average Bonchev–Trinajstić information content (AvgIpc) is 2.94. The Balaban J connectivity index is 1.64. The lowest BCUT2D eigenvalue weighted by molar-refractivity contribution is 0.0662. The number of benzene rings is 4. The van der Waals surface area contributed by atoms with Gasteiger partial charge in [-0.05, 0) is 49.2 Å². The molecule has 4 aromatic carbocycles. The van der Waals surface area contributed by atoms with Crippen molar-refractivity contribution in [1.82, 2.24) is 14.5 Å². The number of hydrogen-bond acceptors (Lipinski definition) is 3. The van der Waals surface area contributed by atoms with Gasteiger partial charge in [0.25, 0.3) is 11.5 Å².